The van der Waals surface area contributed by atoms with Gasteiger partial charge in [0, 0.05) is 19.1 Å². The molecule has 1 fully saturated rings. The van der Waals surface area contributed by atoms with Gasteiger partial charge in [-0.15, -0.1) is 0 Å². The van der Waals surface area contributed by atoms with Gasteiger partial charge in [0.25, 0.3) is 0 Å². The zero-order valence-electron chi connectivity index (χ0n) is 12.5. The Balaban J connectivity index is 2.09. The maximum Gasteiger partial charge on any atom is 0.243 e. The topological polar surface area (TPSA) is 49.4 Å². The summed E-state index contributed by atoms with van der Waals surface area (Å²) < 4.78 is 39.9. The van der Waals surface area contributed by atoms with E-state index in [0.717, 1.165) is 25.5 Å². The van der Waals surface area contributed by atoms with Crippen molar-refractivity contribution in [3.05, 3.63) is 30.1 Å². The van der Waals surface area contributed by atoms with E-state index < -0.39 is 15.8 Å². The molecule has 1 heterocycles. The first-order chi connectivity index (χ1) is 9.89. The first kappa shape index (κ1) is 16.4. The summed E-state index contributed by atoms with van der Waals surface area (Å²) in [6.07, 6.45) is 1.87. The van der Waals surface area contributed by atoms with Crippen LogP contribution >= 0.6 is 0 Å². The number of hydrogen-bond acceptors (Lipinski definition) is 3. The number of benzene rings is 1. The zero-order chi connectivity index (χ0) is 15.5. The number of hydrogen-bond donors (Lipinski definition) is 1. The molecule has 118 valence electrons. The van der Waals surface area contributed by atoms with Gasteiger partial charge in [0.1, 0.15) is 5.82 Å². The molecular weight excluding hydrogens is 291 g/mol. The van der Waals surface area contributed by atoms with Crippen LogP contribution in [0.3, 0.4) is 0 Å². The molecule has 21 heavy (non-hydrogen) atoms. The molecule has 0 aromatic heterocycles. The summed E-state index contributed by atoms with van der Waals surface area (Å²) in [5.74, 6) is -0.212. The monoisotopic (exact) mass is 314 g/mol. The largest absolute Gasteiger partial charge is 0.314 e. The van der Waals surface area contributed by atoms with Crippen LogP contribution in [0, 0.1) is 11.7 Å². The number of nitrogens with one attached hydrogen (secondary N) is 1. The number of sulfonamides is 1. The number of halogens is 1. The fourth-order valence-electron chi connectivity index (χ4n) is 2.59. The average Bonchev–Trinajstić information content (AvgIpc) is 2.45. The Labute approximate surface area is 126 Å². The summed E-state index contributed by atoms with van der Waals surface area (Å²) in [6.45, 7) is 5.97. The van der Waals surface area contributed by atoms with Gasteiger partial charge in [0.2, 0.25) is 10.0 Å². The Morgan fingerprint density at radius 1 is 1.43 bits per heavy atom. The van der Waals surface area contributed by atoms with Crippen LogP contribution in [-0.2, 0) is 10.0 Å². The molecule has 1 aliphatic rings. The van der Waals surface area contributed by atoms with Gasteiger partial charge < -0.3 is 5.32 Å². The van der Waals surface area contributed by atoms with E-state index in [0.29, 0.717) is 25.0 Å². The molecule has 1 aromatic carbocycles. The second-order valence-electron chi connectivity index (χ2n) is 5.89. The van der Waals surface area contributed by atoms with Crippen molar-refractivity contribution in [3.63, 3.8) is 0 Å². The van der Waals surface area contributed by atoms with Crippen molar-refractivity contribution in [2.24, 2.45) is 5.92 Å². The summed E-state index contributed by atoms with van der Waals surface area (Å²) in [7, 11) is -3.59. The van der Waals surface area contributed by atoms with Crippen LogP contribution in [0.25, 0.3) is 0 Å². The van der Waals surface area contributed by atoms with Crippen molar-refractivity contribution in [2.45, 2.75) is 37.6 Å². The predicted molar refractivity (Wildman–Crippen MR) is 81.0 cm³/mol. The number of nitrogens with zero attached hydrogens (tertiary/aromatic N) is 1. The highest BCUT2D eigenvalue weighted by molar-refractivity contribution is 7.89. The van der Waals surface area contributed by atoms with E-state index in [1.54, 1.807) is 0 Å². The normalized spacial score (nSPS) is 20.9. The summed E-state index contributed by atoms with van der Waals surface area (Å²) in [5, 5.41) is 3.35. The standard InChI is InChI=1S/C15H23FN2O2S/c1-12(2)17-10-13-5-4-8-18(11-13)21(19,20)15-7-3-6-14(16)9-15/h3,6-7,9,12-13,17H,4-5,8,10-11H2,1-2H3. The minimum Gasteiger partial charge on any atom is -0.314 e. The SMILES string of the molecule is CC(C)NCC1CCCN(S(=O)(=O)c2cccc(F)c2)C1. The zero-order valence-corrected chi connectivity index (χ0v) is 13.4. The van der Waals surface area contributed by atoms with Gasteiger partial charge in [-0.3, -0.25) is 0 Å². The summed E-state index contributed by atoms with van der Waals surface area (Å²) >= 11 is 0. The number of rotatable bonds is 5. The van der Waals surface area contributed by atoms with Gasteiger partial charge in [-0.25, -0.2) is 12.8 Å². The fraction of sp³-hybridized carbons (Fsp3) is 0.600. The smallest absolute Gasteiger partial charge is 0.243 e. The van der Waals surface area contributed by atoms with E-state index in [9.17, 15) is 12.8 Å². The van der Waals surface area contributed by atoms with Gasteiger partial charge in [-0.1, -0.05) is 19.9 Å². The molecule has 0 spiro atoms. The fourth-order valence-corrected chi connectivity index (χ4v) is 4.18. The molecule has 4 nitrogen and oxygen atoms in total. The van der Waals surface area contributed by atoms with Crippen LogP contribution in [0.15, 0.2) is 29.2 Å². The molecule has 1 unspecified atom stereocenters. The van der Waals surface area contributed by atoms with Crippen LogP contribution in [0.1, 0.15) is 26.7 Å². The summed E-state index contributed by atoms with van der Waals surface area (Å²) in [6, 6.07) is 5.62. The lowest BCUT2D eigenvalue weighted by Crippen LogP contribution is -2.43. The van der Waals surface area contributed by atoms with E-state index >= 15 is 0 Å². The van der Waals surface area contributed by atoms with E-state index in [1.165, 1.54) is 22.5 Å². The third-order valence-corrected chi connectivity index (χ3v) is 5.59. The summed E-state index contributed by atoms with van der Waals surface area (Å²) in [4.78, 5) is 0.0416. The van der Waals surface area contributed by atoms with Gasteiger partial charge in [0.15, 0.2) is 0 Å². The van der Waals surface area contributed by atoms with Crippen LogP contribution in [0.4, 0.5) is 4.39 Å². The lowest BCUT2D eigenvalue weighted by Gasteiger charge is -2.32. The Hall–Kier alpha value is -0.980. The second-order valence-corrected chi connectivity index (χ2v) is 7.83. The first-order valence-electron chi connectivity index (χ1n) is 7.38. The molecule has 0 bridgehead atoms. The maximum atomic E-state index is 13.3. The van der Waals surface area contributed by atoms with Gasteiger partial charge in [-0.2, -0.15) is 4.31 Å². The van der Waals surface area contributed by atoms with Crippen molar-refractivity contribution in [1.29, 1.82) is 0 Å². The van der Waals surface area contributed by atoms with Crippen LogP contribution in [0.2, 0.25) is 0 Å². The number of piperidine rings is 1. The van der Waals surface area contributed by atoms with Crippen molar-refractivity contribution in [2.75, 3.05) is 19.6 Å². The van der Waals surface area contributed by atoms with Gasteiger partial charge in [-0.05, 0) is 43.5 Å². The molecule has 0 saturated carbocycles. The van der Waals surface area contributed by atoms with Crippen LogP contribution < -0.4 is 5.32 Å². The molecule has 1 aromatic rings. The molecule has 0 amide bonds. The van der Waals surface area contributed by atoms with E-state index in [4.69, 9.17) is 0 Å². The Morgan fingerprint density at radius 3 is 2.86 bits per heavy atom. The molecular formula is C15H23FN2O2S. The van der Waals surface area contributed by atoms with Crippen molar-refractivity contribution in [1.82, 2.24) is 9.62 Å². The van der Waals surface area contributed by atoms with Gasteiger partial charge >= 0.3 is 0 Å². The highest BCUT2D eigenvalue weighted by Gasteiger charge is 2.30. The Morgan fingerprint density at radius 2 is 2.19 bits per heavy atom. The highest BCUT2D eigenvalue weighted by Crippen LogP contribution is 2.23. The molecule has 0 radical (unpaired) electrons. The Kier molecular flexibility index (Phi) is 5.35. The molecule has 1 N–H and O–H groups in total. The average molecular weight is 314 g/mol. The van der Waals surface area contributed by atoms with E-state index in [-0.39, 0.29) is 4.90 Å². The third-order valence-electron chi connectivity index (χ3n) is 3.73. The van der Waals surface area contributed by atoms with Crippen molar-refractivity contribution in [3.8, 4) is 0 Å². The van der Waals surface area contributed by atoms with E-state index in [1.807, 2.05) is 0 Å². The minimum atomic E-state index is -3.59. The molecule has 1 saturated heterocycles. The van der Waals surface area contributed by atoms with E-state index in [2.05, 4.69) is 19.2 Å². The third kappa shape index (κ3) is 4.25. The van der Waals surface area contributed by atoms with Crippen molar-refractivity contribution >= 4 is 10.0 Å². The second kappa shape index (κ2) is 6.85. The lowest BCUT2D eigenvalue weighted by atomic mass is 9.99. The molecule has 1 atom stereocenters. The first-order valence-corrected chi connectivity index (χ1v) is 8.82. The van der Waals surface area contributed by atoms with Gasteiger partial charge in [0.05, 0.1) is 4.90 Å². The van der Waals surface area contributed by atoms with Crippen molar-refractivity contribution < 1.29 is 12.8 Å². The maximum absolute atomic E-state index is 13.3. The lowest BCUT2D eigenvalue weighted by molar-refractivity contribution is 0.256. The molecule has 1 aliphatic heterocycles. The van der Waals surface area contributed by atoms with Crippen LogP contribution in [0.5, 0.6) is 0 Å². The highest BCUT2D eigenvalue weighted by atomic mass is 32.2. The van der Waals surface area contributed by atoms with Crippen LogP contribution in [-0.4, -0.2) is 38.4 Å². The quantitative estimate of drug-likeness (QED) is 0.906. The summed E-state index contributed by atoms with van der Waals surface area (Å²) in [5.41, 5.74) is 0. The molecule has 2 rings (SSSR count). The molecule has 6 heteroatoms. The minimum absolute atomic E-state index is 0.0416. The predicted octanol–water partition coefficient (Wildman–Crippen LogP) is 2.22. The molecule has 0 aliphatic carbocycles. The Bertz CT molecular complexity index is 575.